The Labute approximate surface area is 112 Å². The molecule has 0 amide bonds. The van der Waals surface area contributed by atoms with Gasteiger partial charge in [0.15, 0.2) is 5.82 Å². The quantitative estimate of drug-likeness (QED) is 0.892. The Morgan fingerprint density at radius 2 is 2.18 bits per heavy atom. The van der Waals surface area contributed by atoms with Crippen molar-refractivity contribution >= 4 is 33.3 Å². The lowest BCUT2D eigenvalue weighted by molar-refractivity contribution is 0.416. The second kappa shape index (κ2) is 4.58. The summed E-state index contributed by atoms with van der Waals surface area (Å²) in [6.07, 6.45) is 0. The van der Waals surface area contributed by atoms with Crippen LogP contribution in [0.3, 0.4) is 0 Å². The standard InChI is InChI=1S/C11H11BrClN3O/c1-5-3-8(17-2)6(4-7(5)13)10-9(12)11(14)16-15-10/h3-4H,1-2H3,(H3,14,15,16). The van der Waals surface area contributed by atoms with Gasteiger partial charge in [-0.3, -0.25) is 5.10 Å². The van der Waals surface area contributed by atoms with Crippen LogP contribution in [-0.2, 0) is 0 Å². The van der Waals surface area contributed by atoms with E-state index in [-0.39, 0.29) is 0 Å². The molecule has 0 atom stereocenters. The van der Waals surface area contributed by atoms with Gasteiger partial charge in [0, 0.05) is 10.6 Å². The Kier molecular flexibility index (Phi) is 3.31. The van der Waals surface area contributed by atoms with Crippen molar-refractivity contribution < 1.29 is 4.74 Å². The lowest BCUT2D eigenvalue weighted by atomic mass is 10.1. The number of aromatic amines is 1. The number of nitrogens with one attached hydrogen (secondary N) is 1. The summed E-state index contributed by atoms with van der Waals surface area (Å²) >= 11 is 9.49. The number of aryl methyl sites for hydroxylation is 1. The number of nitrogen functional groups attached to an aromatic ring is 1. The van der Waals surface area contributed by atoms with Crippen LogP contribution in [0.4, 0.5) is 5.82 Å². The van der Waals surface area contributed by atoms with Gasteiger partial charge >= 0.3 is 0 Å². The molecule has 2 rings (SSSR count). The molecule has 4 nitrogen and oxygen atoms in total. The minimum Gasteiger partial charge on any atom is -0.496 e. The van der Waals surface area contributed by atoms with Crippen LogP contribution in [0.1, 0.15) is 5.56 Å². The van der Waals surface area contributed by atoms with Gasteiger partial charge in [-0.25, -0.2) is 0 Å². The molecular weight excluding hydrogens is 305 g/mol. The molecule has 6 heteroatoms. The van der Waals surface area contributed by atoms with E-state index in [4.69, 9.17) is 22.1 Å². The lowest BCUT2D eigenvalue weighted by Gasteiger charge is -2.09. The molecule has 1 aromatic carbocycles. The van der Waals surface area contributed by atoms with Crippen molar-refractivity contribution in [2.24, 2.45) is 0 Å². The molecule has 0 aliphatic carbocycles. The zero-order chi connectivity index (χ0) is 12.6. The van der Waals surface area contributed by atoms with Gasteiger partial charge in [0.05, 0.1) is 17.3 Å². The number of nitrogens with zero attached hydrogens (tertiary/aromatic N) is 1. The normalized spacial score (nSPS) is 10.6. The van der Waals surface area contributed by atoms with E-state index in [1.54, 1.807) is 7.11 Å². The number of nitrogens with two attached hydrogens (primary N) is 1. The van der Waals surface area contributed by atoms with E-state index in [2.05, 4.69) is 26.1 Å². The number of H-pyrrole nitrogens is 1. The van der Waals surface area contributed by atoms with E-state index in [1.807, 2.05) is 19.1 Å². The minimum absolute atomic E-state index is 0.402. The van der Waals surface area contributed by atoms with Gasteiger partial charge < -0.3 is 10.5 Å². The van der Waals surface area contributed by atoms with E-state index in [0.29, 0.717) is 15.3 Å². The molecule has 2 aromatic rings. The third kappa shape index (κ3) is 2.12. The molecule has 90 valence electrons. The predicted octanol–water partition coefficient (Wildman–Crippen LogP) is 3.39. The predicted molar refractivity (Wildman–Crippen MR) is 72.4 cm³/mol. The maximum atomic E-state index is 6.12. The molecule has 0 aliphatic rings. The number of rotatable bonds is 2. The van der Waals surface area contributed by atoms with Crippen molar-refractivity contribution in [1.29, 1.82) is 0 Å². The zero-order valence-corrected chi connectivity index (χ0v) is 11.7. The molecular formula is C11H11BrClN3O. The smallest absolute Gasteiger partial charge is 0.160 e. The Balaban J connectivity index is 2.66. The third-order valence-corrected chi connectivity index (χ3v) is 3.69. The van der Waals surface area contributed by atoms with Gasteiger partial charge in [0.2, 0.25) is 0 Å². The first-order valence-electron chi connectivity index (χ1n) is 4.88. The minimum atomic E-state index is 0.402. The summed E-state index contributed by atoms with van der Waals surface area (Å²) in [5, 5.41) is 7.45. The van der Waals surface area contributed by atoms with Gasteiger partial charge in [-0.05, 0) is 40.5 Å². The van der Waals surface area contributed by atoms with Crippen LogP contribution in [-0.4, -0.2) is 17.3 Å². The van der Waals surface area contributed by atoms with E-state index in [0.717, 1.165) is 22.6 Å². The summed E-state index contributed by atoms with van der Waals surface area (Å²) < 4.78 is 6.04. The average Bonchev–Trinajstić information content (AvgIpc) is 2.63. The number of hydrogen-bond acceptors (Lipinski definition) is 3. The molecule has 0 unspecified atom stereocenters. The van der Waals surface area contributed by atoms with Crippen LogP contribution in [0.15, 0.2) is 16.6 Å². The van der Waals surface area contributed by atoms with Crippen LogP contribution < -0.4 is 10.5 Å². The van der Waals surface area contributed by atoms with Gasteiger partial charge in [-0.15, -0.1) is 0 Å². The largest absolute Gasteiger partial charge is 0.496 e. The second-order valence-electron chi connectivity index (χ2n) is 3.60. The van der Waals surface area contributed by atoms with Gasteiger partial charge in [0.1, 0.15) is 5.75 Å². The van der Waals surface area contributed by atoms with Crippen molar-refractivity contribution in [1.82, 2.24) is 10.2 Å². The molecule has 17 heavy (non-hydrogen) atoms. The number of halogens is 2. The fraction of sp³-hybridized carbons (Fsp3) is 0.182. The van der Waals surface area contributed by atoms with E-state index in [9.17, 15) is 0 Å². The SMILES string of the molecule is COc1cc(C)c(Cl)cc1-c1[nH]nc(N)c1Br. The van der Waals surface area contributed by atoms with Gasteiger partial charge in [0.25, 0.3) is 0 Å². The molecule has 0 aliphatic heterocycles. The topological polar surface area (TPSA) is 63.9 Å². The van der Waals surface area contributed by atoms with E-state index < -0.39 is 0 Å². The molecule has 0 bridgehead atoms. The molecule has 3 N–H and O–H groups in total. The first kappa shape index (κ1) is 12.3. The number of methoxy groups -OCH3 is 1. The highest BCUT2D eigenvalue weighted by Crippen LogP contribution is 2.38. The first-order valence-corrected chi connectivity index (χ1v) is 6.05. The molecule has 0 radical (unpaired) electrons. The highest BCUT2D eigenvalue weighted by Gasteiger charge is 2.15. The second-order valence-corrected chi connectivity index (χ2v) is 4.80. The first-order chi connectivity index (χ1) is 8.04. The fourth-order valence-corrected chi connectivity index (χ4v) is 2.09. The maximum absolute atomic E-state index is 6.12. The molecule has 1 aromatic heterocycles. The highest BCUT2D eigenvalue weighted by molar-refractivity contribution is 9.10. The Morgan fingerprint density at radius 3 is 2.71 bits per heavy atom. The fourth-order valence-electron chi connectivity index (χ4n) is 1.54. The highest BCUT2D eigenvalue weighted by atomic mass is 79.9. The summed E-state index contributed by atoms with van der Waals surface area (Å²) in [7, 11) is 1.61. The van der Waals surface area contributed by atoms with Crippen LogP contribution >= 0.6 is 27.5 Å². The van der Waals surface area contributed by atoms with Crippen LogP contribution in [0, 0.1) is 6.92 Å². The number of aromatic nitrogens is 2. The number of anilines is 1. The van der Waals surface area contributed by atoms with Crippen LogP contribution in [0.2, 0.25) is 5.02 Å². The molecule has 0 spiro atoms. The van der Waals surface area contributed by atoms with Crippen LogP contribution in [0.5, 0.6) is 5.75 Å². The average molecular weight is 317 g/mol. The summed E-state index contributed by atoms with van der Waals surface area (Å²) in [5.41, 5.74) is 8.20. The monoisotopic (exact) mass is 315 g/mol. The number of benzene rings is 1. The Bertz CT molecular complexity index is 568. The van der Waals surface area contributed by atoms with Crippen molar-refractivity contribution in [3.05, 3.63) is 27.2 Å². The summed E-state index contributed by atoms with van der Waals surface area (Å²) in [5.74, 6) is 1.12. The number of hydrogen-bond donors (Lipinski definition) is 2. The third-order valence-electron chi connectivity index (χ3n) is 2.48. The van der Waals surface area contributed by atoms with Crippen LogP contribution in [0.25, 0.3) is 11.3 Å². The van der Waals surface area contributed by atoms with Crippen molar-refractivity contribution in [3.63, 3.8) is 0 Å². The van der Waals surface area contributed by atoms with Crippen molar-refractivity contribution in [2.45, 2.75) is 6.92 Å². The van der Waals surface area contributed by atoms with Gasteiger partial charge in [-0.2, -0.15) is 5.10 Å². The Morgan fingerprint density at radius 1 is 1.47 bits per heavy atom. The van der Waals surface area contributed by atoms with E-state index in [1.165, 1.54) is 0 Å². The van der Waals surface area contributed by atoms with E-state index >= 15 is 0 Å². The summed E-state index contributed by atoms with van der Waals surface area (Å²) in [6.45, 7) is 1.92. The summed E-state index contributed by atoms with van der Waals surface area (Å²) in [6, 6.07) is 3.70. The lowest BCUT2D eigenvalue weighted by Crippen LogP contribution is -1.91. The molecule has 0 saturated carbocycles. The van der Waals surface area contributed by atoms with Crippen molar-refractivity contribution in [2.75, 3.05) is 12.8 Å². The maximum Gasteiger partial charge on any atom is 0.160 e. The molecule has 1 heterocycles. The van der Waals surface area contributed by atoms with Crippen molar-refractivity contribution in [3.8, 4) is 17.0 Å². The molecule has 0 saturated heterocycles. The number of ether oxygens (including phenoxy) is 1. The summed E-state index contributed by atoms with van der Waals surface area (Å²) in [4.78, 5) is 0. The molecule has 0 fully saturated rings. The Hall–Kier alpha value is -1.20. The zero-order valence-electron chi connectivity index (χ0n) is 9.34. The van der Waals surface area contributed by atoms with Gasteiger partial charge in [-0.1, -0.05) is 11.6 Å².